The number of aliphatic hydroxyl groups excluding tert-OH is 1. The Bertz CT molecular complexity index is 441. The van der Waals surface area contributed by atoms with Gasteiger partial charge in [0.15, 0.2) is 0 Å². The highest BCUT2D eigenvalue weighted by Crippen LogP contribution is 2.04. The minimum atomic E-state index is -1.08. The molecule has 0 aliphatic carbocycles. The third-order valence-corrected chi connectivity index (χ3v) is 1.60. The quantitative estimate of drug-likeness (QED) is 0.666. The van der Waals surface area contributed by atoms with Gasteiger partial charge < -0.3 is 10.2 Å². The number of rotatable bonds is 1. The van der Waals surface area contributed by atoms with Crippen LogP contribution >= 0.6 is 0 Å². The van der Waals surface area contributed by atoms with Gasteiger partial charge in [0, 0.05) is 11.3 Å². The Labute approximate surface area is 87.6 Å². The molecule has 0 saturated carbocycles. The number of nitrogens with zero attached hydrogens (tertiary/aromatic N) is 1. The van der Waals surface area contributed by atoms with Gasteiger partial charge in [-0.25, -0.2) is 9.78 Å². The monoisotopic (exact) mass is 205 g/mol. The van der Waals surface area contributed by atoms with E-state index in [1.54, 1.807) is 19.9 Å². The first-order valence-corrected chi connectivity index (χ1v) is 4.40. The van der Waals surface area contributed by atoms with Gasteiger partial charge in [-0.05, 0) is 26.0 Å². The van der Waals surface area contributed by atoms with Crippen LogP contribution < -0.4 is 0 Å². The average Bonchev–Trinajstić information content (AvgIpc) is 2.13. The second kappa shape index (κ2) is 4.58. The zero-order valence-electron chi connectivity index (χ0n) is 8.48. The number of carboxylic acid groups (broad SMARTS) is 1. The lowest BCUT2D eigenvalue weighted by Gasteiger charge is -1.98. The molecular weight excluding hydrogens is 194 g/mol. The molecule has 0 radical (unpaired) electrons. The van der Waals surface area contributed by atoms with Crippen molar-refractivity contribution in [1.82, 2.24) is 4.98 Å². The molecule has 0 aliphatic rings. The molecule has 1 aromatic heterocycles. The number of aromatic nitrogens is 1. The Hall–Kier alpha value is -1.86. The van der Waals surface area contributed by atoms with Crippen LogP contribution in [-0.4, -0.2) is 27.3 Å². The lowest BCUT2D eigenvalue weighted by atomic mass is 10.2. The van der Waals surface area contributed by atoms with Gasteiger partial charge in [-0.2, -0.15) is 0 Å². The number of aromatic carboxylic acids is 1. The molecule has 78 valence electrons. The van der Waals surface area contributed by atoms with E-state index in [2.05, 4.69) is 16.8 Å². The Balaban J connectivity index is 3.11. The number of aliphatic hydroxyl groups is 1. The van der Waals surface area contributed by atoms with Crippen molar-refractivity contribution in [1.29, 1.82) is 0 Å². The highest BCUT2D eigenvalue weighted by Gasteiger charge is 2.05. The van der Waals surface area contributed by atoms with Crippen molar-refractivity contribution in [2.24, 2.45) is 0 Å². The minimum Gasteiger partial charge on any atom is -0.477 e. The van der Waals surface area contributed by atoms with Gasteiger partial charge >= 0.3 is 5.97 Å². The Morgan fingerprint density at radius 1 is 1.53 bits per heavy atom. The predicted molar refractivity (Wildman–Crippen MR) is 54.5 cm³/mol. The molecule has 0 spiro atoms. The summed E-state index contributed by atoms with van der Waals surface area (Å²) in [5, 5.41) is 17.7. The highest BCUT2D eigenvalue weighted by molar-refractivity contribution is 5.85. The molecule has 4 heteroatoms. The molecule has 0 aliphatic heterocycles. The van der Waals surface area contributed by atoms with Crippen molar-refractivity contribution in [3.8, 4) is 11.8 Å². The number of hydrogen-bond acceptors (Lipinski definition) is 3. The maximum absolute atomic E-state index is 10.7. The molecule has 1 heterocycles. The summed E-state index contributed by atoms with van der Waals surface area (Å²) in [5.74, 6) is 4.13. The van der Waals surface area contributed by atoms with E-state index < -0.39 is 12.1 Å². The predicted octanol–water partition coefficient (Wildman–Crippen LogP) is 0.821. The second-order valence-electron chi connectivity index (χ2n) is 3.13. The van der Waals surface area contributed by atoms with Crippen molar-refractivity contribution < 1.29 is 15.0 Å². The first kappa shape index (κ1) is 11.2. The van der Waals surface area contributed by atoms with Crippen LogP contribution in [0.3, 0.4) is 0 Å². The van der Waals surface area contributed by atoms with Crippen LogP contribution in [0.15, 0.2) is 12.1 Å². The van der Waals surface area contributed by atoms with E-state index in [9.17, 15) is 4.79 Å². The van der Waals surface area contributed by atoms with Crippen molar-refractivity contribution in [2.75, 3.05) is 0 Å². The summed E-state index contributed by atoms with van der Waals surface area (Å²) >= 11 is 0. The lowest BCUT2D eigenvalue weighted by molar-refractivity contribution is 0.0690. The van der Waals surface area contributed by atoms with E-state index in [1.165, 1.54) is 6.07 Å². The van der Waals surface area contributed by atoms with E-state index in [4.69, 9.17) is 10.2 Å². The number of pyridine rings is 1. The van der Waals surface area contributed by atoms with Crippen molar-refractivity contribution >= 4 is 5.97 Å². The van der Waals surface area contributed by atoms with Crippen LogP contribution in [0.5, 0.6) is 0 Å². The van der Waals surface area contributed by atoms with Crippen LogP contribution in [0.1, 0.15) is 28.7 Å². The fourth-order valence-corrected chi connectivity index (χ4v) is 1.04. The molecule has 0 amide bonds. The SMILES string of the molecule is Cc1cc(C#CC(C)O)cc(C(=O)O)n1. The Morgan fingerprint density at radius 2 is 2.20 bits per heavy atom. The number of carboxylic acids is 1. The van der Waals surface area contributed by atoms with Gasteiger partial charge in [-0.1, -0.05) is 11.8 Å². The third-order valence-electron chi connectivity index (χ3n) is 1.60. The van der Waals surface area contributed by atoms with Gasteiger partial charge in [0.2, 0.25) is 0 Å². The van der Waals surface area contributed by atoms with E-state index in [1.807, 2.05) is 0 Å². The van der Waals surface area contributed by atoms with E-state index in [-0.39, 0.29) is 5.69 Å². The van der Waals surface area contributed by atoms with Crippen molar-refractivity contribution in [2.45, 2.75) is 20.0 Å². The topological polar surface area (TPSA) is 70.4 Å². The molecule has 1 aromatic rings. The molecule has 0 fully saturated rings. The van der Waals surface area contributed by atoms with Crippen LogP contribution in [0.25, 0.3) is 0 Å². The molecule has 1 unspecified atom stereocenters. The molecule has 0 aromatic carbocycles. The van der Waals surface area contributed by atoms with E-state index in [0.29, 0.717) is 11.3 Å². The summed E-state index contributed by atoms with van der Waals surface area (Å²) < 4.78 is 0. The van der Waals surface area contributed by atoms with Crippen LogP contribution in [0, 0.1) is 18.8 Å². The zero-order chi connectivity index (χ0) is 11.4. The van der Waals surface area contributed by atoms with Gasteiger partial charge in [-0.15, -0.1) is 0 Å². The zero-order valence-corrected chi connectivity index (χ0v) is 8.48. The summed E-state index contributed by atoms with van der Waals surface area (Å²) in [7, 11) is 0. The smallest absolute Gasteiger partial charge is 0.354 e. The summed E-state index contributed by atoms with van der Waals surface area (Å²) in [4.78, 5) is 14.5. The summed E-state index contributed by atoms with van der Waals surface area (Å²) in [6.07, 6.45) is -0.730. The number of carbonyl (C=O) groups is 1. The fourth-order valence-electron chi connectivity index (χ4n) is 1.04. The molecule has 1 rings (SSSR count). The molecule has 1 atom stereocenters. The highest BCUT2D eigenvalue weighted by atomic mass is 16.4. The summed E-state index contributed by atoms with van der Waals surface area (Å²) in [6.45, 7) is 3.24. The molecule has 15 heavy (non-hydrogen) atoms. The summed E-state index contributed by atoms with van der Waals surface area (Å²) in [6, 6.07) is 3.05. The molecule has 0 bridgehead atoms. The molecule has 4 nitrogen and oxygen atoms in total. The fraction of sp³-hybridized carbons (Fsp3) is 0.273. The normalized spacial score (nSPS) is 11.4. The Kier molecular flexibility index (Phi) is 3.42. The maximum atomic E-state index is 10.7. The van der Waals surface area contributed by atoms with Gasteiger partial charge in [0.25, 0.3) is 0 Å². The van der Waals surface area contributed by atoms with Gasteiger partial charge in [-0.3, -0.25) is 0 Å². The van der Waals surface area contributed by atoms with Gasteiger partial charge in [0.05, 0.1) is 0 Å². The second-order valence-corrected chi connectivity index (χ2v) is 3.13. The van der Waals surface area contributed by atoms with Crippen molar-refractivity contribution in [3.63, 3.8) is 0 Å². The molecule has 0 saturated heterocycles. The van der Waals surface area contributed by atoms with Crippen molar-refractivity contribution in [3.05, 3.63) is 29.1 Å². The van der Waals surface area contributed by atoms with Gasteiger partial charge in [0.1, 0.15) is 11.8 Å². The third kappa shape index (κ3) is 3.41. The molecular formula is C11H11NO3. The first-order chi connectivity index (χ1) is 6.99. The number of hydrogen-bond donors (Lipinski definition) is 2. The summed E-state index contributed by atoms with van der Waals surface area (Å²) in [5.41, 5.74) is 1.09. The average molecular weight is 205 g/mol. The first-order valence-electron chi connectivity index (χ1n) is 4.40. The Morgan fingerprint density at radius 3 is 2.73 bits per heavy atom. The lowest BCUT2D eigenvalue weighted by Crippen LogP contribution is -2.02. The minimum absolute atomic E-state index is 0.0371. The number of aryl methyl sites for hydroxylation is 1. The van der Waals surface area contributed by atoms with E-state index >= 15 is 0 Å². The van der Waals surface area contributed by atoms with Crippen LogP contribution in [0.2, 0.25) is 0 Å². The standard InChI is InChI=1S/C11H11NO3/c1-7-5-9(4-3-8(2)13)6-10(12-7)11(14)15/h5-6,8,13H,1-2H3,(H,14,15). The maximum Gasteiger partial charge on any atom is 0.354 e. The molecule has 2 N–H and O–H groups in total. The van der Waals surface area contributed by atoms with Crippen LogP contribution in [0.4, 0.5) is 0 Å². The largest absolute Gasteiger partial charge is 0.477 e. The van der Waals surface area contributed by atoms with E-state index in [0.717, 1.165) is 0 Å². The van der Waals surface area contributed by atoms with Crippen LogP contribution in [-0.2, 0) is 0 Å².